The Morgan fingerprint density at radius 1 is 1.21 bits per heavy atom. The van der Waals surface area contributed by atoms with Gasteiger partial charge in [-0.15, -0.1) is 0 Å². The number of rotatable bonds is 2. The highest BCUT2D eigenvalue weighted by atomic mass is 15.1. The lowest BCUT2D eigenvalue weighted by atomic mass is 10.0. The molecule has 0 bridgehead atoms. The minimum Gasteiger partial charge on any atom is -0.328 e. The Morgan fingerprint density at radius 2 is 2.00 bits per heavy atom. The summed E-state index contributed by atoms with van der Waals surface area (Å²) in [5.41, 5.74) is 9.47. The number of aryl methyl sites for hydroxylation is 1. The van der Waals surface area contributed by atoms with E-state index in [1.54, 1.807) is 0 Å². The highest BCUT2D eigenvalue weighted by Gasteiger charge is 2.15. The summed E-state index contributed by atoms with van der Waals surface area (Å²) in [7, 11) is 0. The Balaban J connectivity index is 1.76. The SMILES string of the molecule is Cc1ccc2cc(CN3CCC(N)CC3)ccc2n1. The van der Waals surface area contributed by atoms with Gasteiger partial charge in [-0.1, -0.05) is 12.1 Å². The molecule has 1 saturated heterocycles. The van der Waals surface area contributed by atoms with E-state index in [0.29, 0.717) is 6.04 Å². The first-order chi connectivity index (χ1) is 9.20. The number of benzene rings is 1. The van der Waals surface area contributed by atoms with Crippen molar-refractivity contribution in [2.24, 2.45) is 5.73 Å². The van der Waals surface area contributed by atoms with Gasteiger partial charge in [-0.05, 0) is 56.6 Å². The number of nitrogens with zero attached hydrogens (tertiary/aromatic N) is 2. The fourth-order valence-corrected chi connectivity index (χ4v) is 2.74. The Kier molecular flexibility index (Phi) is 3.49. The standard InChI is InChI=1S/C16H21N3/c1-12-2-4-14-10-13(3-5-16(14)18-12)11-19-8-6-15(17)7-9-19/h2-5,10,15H,6-9,11,17H2,1H3. The summed E-state index contributed by atoms with van der Waals surface area (Å²) in [5, 5.41) is 1.23. The van der Waals surface area contributed by atoms with E-state index in [0.717, 1.165) is 43.7 Å². The van der Waals surface area contributed by atoms with E-state index < -0.39 is 0 Å². The second-order valence-corrected chi connectivity index (χ2v) is 5.59. The number of piperidine rings is 1. The van der Waals surface area contributed by atoms with Gasteiger partial charge in [0.05, 0.1) is 5.52 Å². The quantitative estimate of drug-likeness (QED) is 0.896. The molecule has 1 aliphatic heterocycles. The van der Waals surface area contributed by atoms with Crippen LogP contribution in [0.4, 0.5) is 0 Å². The summed E-state index contributed by atoms with van der Waals surface area (Å²) in [6.07, 6.45) is 2.24. The van der Waals surface area contributed by atoms with E-state index in [4.69, 9.17) is 5.73 Å². The lowest BCUT2D eigenvalue weighted by Crippen LogP contribution is -2.39. The second kappa shape index (κ2) is 5.27. The molecule has 2 N–H and O–H groups in total. The largest absolute Gasteiger partial charge is 0.328 e. The number of aromatic nitrogens is 1. The molecule has 1 aromatic carbocycles. The van der Waals surface area contributed by atoms with Gasteiger partial charge in [-0.3, -0.25) is 9.88 Å². The fraction of sp³-hybridized carbons (Fsp3) is 0.438. The summed E-state index contributed by atoms with van der Waals surface area (Å²) < 4.78 is 0. The van der Waals surface area contributed by atoms with Crippen LogP contribution >= 0.6 is 0 Å². The maximum Gasteiger partial charge on any atom is 0.0705 e. The van der Waals surface area contributed by atoms with Gasteiger partial charge in [-0.2, -0.15) is 0 Å². The molecule has 3 rings (SSSR count). The van der Waals surface area contributed by atoms with Crippen LogP contribution in [0.5, 0.6) is 0 Å². The number of nitrogens with two attached hydrogens (primary N) is 1. The van der Waals surface area contributed by atoms with Crippen molar-refractivity contribution in [2.75, 3.05) is 13.1 Å². The molecule has 2 heterocycles. The van der Waals surface area contributed by atoms with E-state index >= 15 is 0 Å². The molecule has 19 heavy (non-hydrogen) atoms. The number of pyridine rings is 1. The van der Waals surface area contributed by atoms with Crippen molar-refractivity contribution in [3.05, 3.63) is 41.6 Å². The third-order valence-corrected chi connectivity index (χ3v) is 3.93. The number of hydrogen-bond acceptors (Lipinski definition) is 3. The van der Waals surface area contributed by atoms with Crippen LogP contribution in [0.25, 0.3) is 10.9 Å². The van der Waals surface area contributed by atoms with Gasteiger partial charge < -0.3 is 5.73 Å². The van der Waals surface area contributed by atoms with Gasteiger partial charge in [0.25, 0.3) is 0 Å². The van der Waals surface area contributed by atoms with Crippen molar-refractivity contribution < 1.29 is 0 Å². The molecule has 2 aromatic rings. The summed E-state index contributed by atoms with van der Waals surface area (Å²) in [6, 6.07) is 11.2. The van der Waals surface area contributed by atoms with Crippen LogP contribution in [-0.4, -0.2) is 29.0 Å². The number of fused-ring (bicyclic) bond motifs is 1. The molecule has 0 spiro atoms. The number of likely N-dealkylation sites (tertiary alicyclic amines) is 1. The zero-order valence-electron chi connectivity index (χ0n) is 11.5. The minimum absolute atomic E-state index is 0.403. The van der Waals surface area contributed by atoms with Crippen LogP contribution in [0, 0.1) is 6.92 Å². The Bertz CT molecular complexity index is 571. The van der Waals surface area contributed by atoms with Crippen molar-refractivity contribution in [1.29, 1.82) is 0 Å². The molecule has 0 atom stereocenters. The number of hydrogen-bond donors (Lipinski definition) is 1. The summed E-state index contributed by atoms with van der Waals surface area (Å²) in [6.45, 7) is 5.29. The fourth-order valence-electron chi connectivity index (χ4n) is 2.74. The van der Waals surface area contributed by atoms with Crippen LogP contribution in [0.3, 0.4) is 0 Å². The van der Waals surface area contributed by atoms with Crippen LogP contribution in [0.1, 0.15) is 24.1 Å². The maximum absolute atomic E-state index is 5.94. The average molecular weight is 255 g/mol. The van der Waals surface area contributed by atoms with Gasteiger partial charge in [0.2, 0.25) is 0 Å². The van der Waals surface area contributed by atoms with Gasteiger partial charge in [0.15, 0.2) is 0 Å². The lowest BCUT2D eigenvalue weighted by Gasteiger charge is -2.30. The van der Waals surface area contributed by atoms with Crippen molar-refractivity contribution in [1.82, 2.24) is 9.88 Å². The van der Waals surface area contributed by atoms with Crippen molar-refractivity contribution in [2.45, 2.75) is 32.4 Å². The van der Waals surface area contributed by atoms with E-state index in [1.807, 2.05) is 6.92 Å². The van der Waals surface area contributed by atoms with Gasteiger partial charge in [0.1, 0.15) is 0 Å². The third-order valence-electron chi connectivity index (χ3n) is 3.93. The maximum atomic E-state index is 5.94. The summed E-state index contributed by atoms with van der Waals surface area (Å²) in [4.78, 5) is 7.04. The first-order valence-electron chi connectivity index (χ1n) is 7.05. The molecule has 0 unspecified atom stereocenters. The molecule has 3 heteroatoms. The zero-order chi connectivity index (χ0) is 13.2. The molecule has 1 fully saturated rings. The molecule has 0 saturated carbocycles. The first kappa shape index (κ1) is 12.6. The van der Waals surface area contributed by atoms with Crippen LogP contribution < -0.4 is 5.73 Å². The van der Waals surface area contributed by atoms with Gasteiger partial charge in [-0.25, -0.2) is 0 Å². The predicted molar refractivity (Wildman–Crippen MR) is 79.0 cm³/mol. The first-order valence-corrected chi connectivity index (χ1v) is 7.05. The average Bonchev–Trinajstić information content (AvgIpc) is 2.42. The van der Waals surface area contributed by atoms with E-state index in [-0.39, 0.29) is 0 Å². The predicted octanol–water partition coefficient (Wildman–Crippen LogP) is 2.47. The Labute approximate surface area is 114 Å². The topological polar surface area (TPSA) is 42.1 Å². The normalized spacial score (nSPS) is 18.0. The van der Waals surface area contributed by atoms with Crippen LogP contribution in [0.15, 0.2) is 30.3 Å². The van der Waals surface area contributed by atoms with E-state index in [1.165, 1.54) is 10.9 Å². The Hall–Kier alpha value is -1.45. The lowest BCUT2D eigenvalue weighted by molar-refractivity contribution is 0.206. The van der Waals surface area contributed by atoms with Crippen molar-refractivity contribution in [3.63, 3.8) is 0 Å². The van der Waals surface area contributed by atoms with Crippen molar-refractivity contribution >= 4 is 10.9 Å². The monoisotopic (exact) mass is 255 g/mol. The van der Waals surface area contributed by atoms with E-state index in [2.05, 4.69) is 40.2 Å². The molecule has 0 aliphatic carbocycles. The van der Waals surface area contributed by atoms with Gasteiger partial charge in [0, 0.05) is 23.7 Å². The third kappa shape index (κ3) is 2.94. The zero-order valence-corrected chi connectivity index (χ0v) is 11.5. The molecule has 1 aliphatic rings. The Morgan fingerprint density at radius 3 is 2.79 bits per heavy atom. The minimum atomic E-state index is 0.403. The highest BCUT2D eigenvalue weighted by Crippen LogP contribution is 2.18. The van der Waals surface area contributed by atoms with Gasteiger partial charge >= 0.3 is 0 Å². The molecule has 0 amide bonds. The van der Waals surface area contributed by atoms with Crippen molar-refractivity contribution in [3.8, 4) is 0 Å². The molecule has 100 valence electrons. The molecular weight excluding hydrogens is 234 g/mol. The smallest absolute Gasteiger partial charge is 0.0705 e. The molecule has 3 nitrogen and oxygen atoms in total. The van der Waals surface area contributed by atoms with Crippen LogP contribution in [-0.2, 0) is 6.54 Å². The molecule has 0 radical (unpaired) electrons. The van der Waals surface area contributed by atoms with Crippen LogP contribution in [0.2, 0.25) is 0 Å². The summed E-state index contributed by atoms with van der Waals surface area (Å²) >= 11 is 0. The molecule has 1 aromatic heterocycles. The van der Waals surface area contributed by atoms with E-state index in [9.17, 15) is 0 Å². The molecular formula is C16H21N3. The second-order valence-electron chi connectivity index (χ2n) is 5.59. The summed E-state index contributed by atoms with van der Waals surface area (Å²) in [5.74, 6) is 0. The highest BCUT2D eigenvalue weighted by molar-refractivity contribution is 5.79.